The van der Waals surface area contributed by atoms with Gasteiger partial charge in [0.05, 0.1) is 52.4 Å². The molecule has 62 heavy (non-hydrogen) atoms. The van der Waals surface area contributed by atoms with Crippen molar-refractivity contribution in [2.75, 3.05) is 74.5 Å². The highest BCUT2D eigenvalue weighted by Crippen LogP contribution is 2.40. The van der Waals surface area contributed by atoms with Gasteiger partial charge in [0.2, 0.25) is 23.3 Å². The quantitative estimate of drug-likeness (QED) is 0.118. The zero-order valence-electron chi connectivity index (χ0n) is 36.3. The van der Waals surface area contributed by atoms with Gasteiger partial charge >= 0.3 is 0 Å². The van der Waals surface area contributed by atoms with Crippen LogP contribution in [0, 0.1) is 0 Å². The van der Waals surface area contributed by atoms with Crippen molar-refractivity contribution in [1.82, 2.24) is 33.6 Å². The minimum atomic E-state index is -0.175. The second kappa shape index (κ2) is 17.1. The molecule has 0 amide bonds. The molecule has 4 aromatic carbocycles. The molecular formula is C49H55N9O4. The van der Waals surface area contributed by atoms with E-state index in [-0.39, 0.29) is 34.7 Å². The van der Waals surface area contributed by atoms with Gasteiger partial charge in [0.1, 0.15) is 11.4 Å². The lowest BCUT2D eigenvalue weighted by Crippen LogP contribution is -2.43. The monoisotopic (exact) mass is 833 g/mol. The average Bonchev–Trinajstić information content (AvgIpc) is 3.95. The van der Waals surface area contributed by atoms with Crippen molar-refractivity contribution in [3.63, 3.8) is 0 Å². The molecule has 2 aromatic heterocycles. The van der Waals surface area contributed by atoms with Gasteiger partial charge in [-0.2, -0.15) is 0 Å². The molecule has 0 unspecified atom stereocenters. The maximum absolute atomic E-state index is 14.2. The van der Waals surface area contributed by atoms with Crippen molar-refractivity contribution < 1.29 is 19.8 Å². The van der Waals surface area contributed by atoms with E-state index in [9.17, 15) is 19.8 Å². The maximum Gasteiger partial charge on any atom is 0.214 e. The van der Waals surface area contributed by atoms with Gasteiger partial charge in [-0.15, -0.1) is 0 Å². The molecule has 0 spiro atoms. The Hall–Kier alpha value is -5.96. The molecule has 6 aromatic rings. The molecule has 0 atom stereocenters. The molecule has 3 aliphatic heterocycles. The standard InChI is InChI=1S/C49H55N9O4/c1-52(2)24-26-56(27-25-53(3)4)31-58-41-17-11-8-14-36(41)43(49(58)62)45-47(60)37-28-32(18-19-39(37)51-45)29-54(5)33-20-22-55(23-21-33)30-57-40-16-10-7-13-35(40)42(48(57)61)44-46(59)34-12-6-9-15-38(34)50-44/h6-19,28,33,61-62H,20-27,29-31H2,1-5H3. The van der Waals surface area contributed by atoms with Crippen molar-refractivity contribution in [3.8, 4) is 11.8 Å². The Morgan fingerprint density at radius 3 is 1.77 bits per heavy atom. The van der Waals surface area contributed by atoms with Crippen LogP contribution in [0.3, 0.4) is 0 Å². The number of likely N-dealkylation sites (N-methyl/N-ethyl adjacent to an activating group) is 2. The number of fused-ring (bicyclic) bond motifs is 4. The third kappa shape index (κ3) is 7.75. The topological polar surface area (TPSA) is 125 Å². The number of ketones is 2. The number of aromatic hydroxyl groups is 2. The third-order valence-electron chi connectivity index (χ3n) is 12.7. The Labute approximate surface area is 362 Å². The first-order valence-electron chi connectivity index (χ1n) is 21.5. The summed E-state index contributed by atoms with van der Waals surface area (Å²) in [7, 11) is 10.4. The molecule has 13 nitrogen and oxygen atoms in total. The zero-order chi connectivity index (χ0) is 43.2. The SMILES string of the molecule is CN(C)CCN(CCN(C)C)Cn1c(O)c(C2=Nc3ccc(CN(C)C4CCN(Cn5c(O)c(C6=Nc7ccccc7C6=O)c6ccccc65)CC4)cc3C2=O)c2ccccc21. The lowest BCUT2D eigenvalue weighted by Gasteiger charge is -2.37. The van der Waals surface area contributed by atoms with Crippen molar-refractivity contribution in [2.45, 2.75) is 38.8 Å². The first-order chi connectivity index (χ1) is 30.0. The predicted molar refractivity (Wildman–Crippen MR) is 246 cm³/mol. The number of likely N-dealkylation sites (tertiary alicyclic amines) is 1. The molecule has 1 saturated heterocycles. The highest BCUT2D eigenvalue weighted by Gasteiger charge is 2.34. The van der Waals surface area contributed by atoms with Crippen LogP contribution in [0.2, 0.25) is 0 Å². The van der Waals surface area contributed by atoms with Crippen molar-refractivity contribution in [3.05, 3.63) is 119 Å². The van der Waals surface area contributed by atoms with Crippen LogP contribution in [0.15, 0.2) is 101 Å². The number of hydrogen-bond acceptors (Lipinski definition) is 11. The lowest BCUT2D eigenvalue weighted by atomic mass is 9.99. The van der Waals surface area contributed by atoms with Gasteiger partial charge in [0.15, 0.2) is 0 Å². The van der Waals surface area contributed by atoms with Gasteiger partial charge in [0.25, 0.3) is 0 Å². The third-order valence-corrected chi connectivity index (χ3v) is 12.7. The summed E-state index contributed by atoms with van der Waals surface area (Å²) in [4.78, 5) is 48.5. The predicted octanol–water partition coefficient (Wildman–Crippen LogP) is 6.58. The molecule has 2 N–H and O–H groups in total. The van der Waals surface area contributed by atoms with Crippen LogP contribution in [0.5, 0.6) is 11.8 Å². The van der Waals surface area contributed by atoms with Crippen molar-refractivity contribution >= 4 is 56.2 Å². The molecule has 0 saturated carbocycles. The van der Waals surface area contributed by atoms with Gasteiger partial charge in [-0.1, -0.05) is 54.6 Å². The van der Waals surface area contributed by atoms with E-state index in [0.29, 0.717) is 59.6 Å². The molecule has 0 radical (unpaired) electrons. The Kier molecular flexibility index (Phi) is 11.4. The van der Waals surface area contributed by atoms with Crippen LogP contribution >= 0.6 is 0 Å². The molecule has 3 aliphatic rings. The number of benzene rings is 4. The van der Waals surface area contributed by atoms with Gasteiger partial charge in [-0.25, -0.2) is 9.98 Å². The average molecular weight is 834 g/mol. The number of piperidine rings is 1. The van der Waals surface area contributed by atoms with Crippen LogP contribution in [-0.2, 0) is 19.9 Å². The largest absolute Gasteiger partial charge is 0.494 e. The molecular weight excluding hydrogens is 779 g/mol. The van der Waals surface area contributed by atoms with Crippen LogP contribution in [0.1, 0.15) is 50.2 Å². The molecule has 5 heterocycles. The van der Waals surface area contributed by atoms with E-state index in [1.165, 1.54) is 0 Å². The van der Waals surface area contributed by atoms with Crippen molar-refractivity contribution in [2.24, 2.45) is 9.98 Å². The van der Waals surface area contributed by atoms with Crippen LogP contribution in [0.4, 0.5) is 11.4 Å². The molecule has 13 heteroatoms. The summed E-state index contributed by atoms with van der Waals surface area (Å²) in [6.07, 6.45) is 1.87. The number of carbonyl (C=O) groups excluding carboxylic acids is 2. The zero-order valence-corrected chi connectivity index (χ0v) is 36.3. The van der Waals surface area contributed by atoms with Crippen LogP contribution in [-0.4, -0.2) is 147 Å². The molecule has 320 valence electrons. The van der Waals surface area contributed by atoms with Crippen molar-refractivity contribution in [1.29, 1.82) is 0 Å². The summed E-state index contributed by atoms with van der Waals surface area (Å²) in [5, 5.41) is 25.2. The summed E-state index contributed by atoms with van der Waals surface area (Å²) >= 11 is 0. The second-order valence-corrected chi connectivity index (χ2v) is 17.5. The highest BCUT2D eigenvalue weighted by atomic mass is 16.3. The van der Waals surface area contributed by atoms with Crippen LogP contribution in [0.25, 0.3) is 21.8 Å². The first-order valence-corrected chi connectivity index (χ1v) is 21.5. The number of para-hydroxylation sites is 3. The number of hydrogen-bond donors (Lipinski definition) is 2. The van der Waals surface area contributed by atoms with Gasteiger partial charge in [-0.05, 0) is 90.0 Å². The molecule has 1 fully saturated rings. The van der Waals surface area contributed by atoms with Gasteiger partial charge in [0, 0.05) is 68.2 Å². The fourth-order valence-electron chi connectivity index (χ4n) is 9.25. The molecule has 0 aliphatic carbocycles. The van der Waals surface area contributed by atoms with E-state index in [1.807, 2.05) is 88.0 Å². The van der Waals surface area contributed by atoms with E-state index >= 15 is 0 Å². The lowest BCUT2D eigenvalue weighted by molar-refractivity contribution is 0.102. The Morgan fingerprint density at radius 2 is 1.16 bits per heavy atom. The summed E-state index contributed by atoms with van der Waals surface area (Å²) in [6.45, 7) is 6.75. The molecule has 9 rings (SSSR count). The number of nitrogens with zero attached hydrogens (tertiary/aromatic N) is 9. The minimum Gasteiger partial charge on any atom is -0.494 e. The van der Waals surface area contributed by atoms with E-state index in [2.05, 4.69) is 70.8 Å². The summed E-state index contributed by atoms with van der Waals surface area (Å²) in [5.74, 6) is -0.230. The summed E-state index contributed by atoms with van der Waals surface area (Å²) in [5.41, 5.74) is 6.65. The smallest absolute Gasteiger partial charge is 0.214 e. The summed E-state index contributed by atoms with van der Waals surface area (Å²) < 4.78 is 3.81. The Balaban J connectivity index is 0.867. The number of aromatic nitrogens is 2. The van der Waals surface area contributed by atoms with Crippen LogP contribution < -0.4 is 0 Å². The van der Waals surface area contributed by atoms with E-state index in [0.717, 1.165) is 79.5 Å². The summed E-state index contributed by atoms with van der Waals surface area (Å²) in [6, 6.07) is 29.3. The van der Waals surface area contributed by atoms with Gasteiger partial charge < -0.3 is 20.0 Å². The number of Topliss-reactive ketones (excluding diaryl/α,β-unsaturated/α-hetero) is 2. The fourth-order valence-corrected chi connectivity index (χ4v) is 9.25. The number of carbonyl (C=O) groups is 2. The van der Waals surface area contributed by atoms with E-state index in [1.54, 1.807) is 6.07 Å². The minimum absolute atomic E-state index is 0.0574. The molecule has 0 bridgehead atoms. The number of rotatable bonds is 15. The maximum atomic E-state index is 14.2. The first kappa shape index (κ1) is 41.4. The van der Waals surface area contributed by atoms with Gasteiger partial charge in [-0.3, -0.25) is 33.4 Å². The Morgan fingerprint density at radius 1 is 0.629 bits per heavy atom. The van der Waals surface area contributed by atoms with E-state index < -0.39 is 0 Å². The highest BCUT2D eigenvalue weighted by molar-refractivity contribution is 6.57. The number of aliphatic imine (C=N–C) groups is 2. The fraction of sp³-hybridized carbons (Fsp3) is 0.347. The normalized spacial score (nSPS) is 15.9. The van der Waals surface area contributed by atoms with E-state index in [4.69, 9.17) is 4.99 Å². The second-order valence-electron chi connectivity index (χ2n) is 17.5. The Bertz CT molecular complexity index is 2740.